The zero-order valence-electron chi connectivity index (χ0n) is 11.9. The molecule has 0 radical (unpaired) electrons. The highest BCUT2D eigenvalue weighted by atomic mass is 32.2. The number of allylic oxidation sites excluding steroid dienone is 1. The summed E-state index contributed by atoms with van der Waals surface area (Å²) in [6, 6.07) is 5.99. The molecule has 2 aliphatic rings. The van der Waals surface area contributed by atoms with Gasteiger partial charge in [0.05, 0.1) is 5.25 Å². The molecular weight excluding hydrogens is 313 g/mol. The predicted molar refractivity (Wildman–Crippen MR) is 79.1 cm³/mol. The maximum Gasteiger partial charge on any atom is 0.573 e. The summed E-state index contributed by atoms with van der Waals surface area (Å²) in [7, 11) is -0.751. The van der Waals surface area contributed by atoms with Crippen molar-refractivity contribution in [1.29, 1.82) is 0 Å². The van der Waals surface area contributed by atoms with Crippen LogP contribution in [-0.2, 0) is 17.2 Å². The SMILES string of the molecule is O=S1C2C=C(Cc3ccc(OC(F)(F)F)cc3)CC1CCC2. The third kappa shape index (κ3) is 3.72. The lowest BCUT2D eigenvalue weighted by molar-refractivity contribution is -0.274. The summed E-state index contributed by atoms with van der Waals surface area (Å²) in [5.41, 5.74) is 2.20. The summed E-state index contributed by atoms with van der Waals surface area (Å²) in [6.45, 7) is 0. The molecule has 0 aromatic heterocycles. The maximum atomic E-state index is 12.1. The molecule has 2 heterocycles. The second kappa shape index (κ2) is 6.07. The van der Waals surface area contributed by atoms with E-state index in [1.165, 1.54) is 17.7 Å². The quantitative estimate of drug-likeness (QED) is 0.779. The van der Waals surface area contributed by atoms with Crippen LogP contribution in [0.5, 0.6) is 5.75 Å². The number of rotatable bonds is 3. The van der Waals surface area contributed by atoms with E-state index in [1.807, 2.05) is 0 Å². The monoisotopic (exact) mass is 330 g/mol. The van der Waals surface area contributed by atoms with E-state index in [1.54, 1.807) is 12.1 Å². The lowest BCUT2D eigenvalue weighted by Crippen LogP contribution is -2.34. The molecule has 3 rings (SSSR count). The van der Waals surface area contributed by atoms with Crippen LogP contribution >= 0.6 is 0 Å². The first-order chi connectivity index (χ1) is 10.4. The number of alkyl halides is 3. The molecule has 3 unspecified atom stereocenters. The molecule has 2 aliphatic heterocycles. The highest BCUT2D eigenvalue weighted by Crippen LogP contribution is 2.34. The fourth-order valence-electron chi connectivity index (χ4n) is 3.19. The van der Waals surface area contributed by atoms with Crippen LogP contribution in [0.15, 0.2) is 35.9 Å². The number of hydrogen-bond donors (Lipinski definition) is 0. The molecule has 1 saturated heterocycles. The van der Waals surface area contributed by atoms with Crippen LogP contribution in [0, 0.1) is 0 Å². The minimum absolute atomic E-state index is 0.162. The largest absolute Gasteiger partial charge is 0.573 e. The Hall–Kier alpha value is -1.30. The van der Waals surface area contributed by atoms with Crippen LogP contribution in [0.3, 0.4) is 0 Å². The molecular formula is C16H17F3O2S. The Labute approximate surface area is 129 Å². The molecule has 1 aromatic carbocycles. The zero-order chi connectivity index (χ0) is 15.7. The molecule has 3 atom stereocenters. The fraction of sp³-hybridized carbons (Fsp3) is 0.500. The van der Waals surface area contributed by atoms with Gasteiger partial charge in [-0.05, 0) is 43.4 Å². The van der Waals surface area contributed by atoms with E-state index in [9.17, 15) is 17.4 Å². The van der Waals surface area contributed by atoms with Gasteiger partial charge in [-0.2, -0.15) is 0 Å². The van der Waals surface area contributed by atoms with Crippen LogP contribution in [0.4, 0.5) is 13.2 Å². The van der Waals surface area contributed by atoms with E-state index in [0.717, 1.165) is 31.2 Å². The summed E-state index contributed by atoms with van der Waals surface area (Å²) in [4.78, 5) is 0. The van der Waals surface area contributed by atoms with Crippen molar-refractivity contribution in [1.82, 2.24) is 0 Å². The van der Waals surface area contributed by atoms with Crippen molar-refractivity contribution >= 4 is 10.8 Å². The lowest BCUT2D eigenvalue weighted by Gasteiger charge is -2.32. The van der Waals surface area contributed by atoms with Gasteiger partial charge < -0.3 is 4.74 Å². The van der Waals surface area contributed by atoms with E-state index < -0.39 is 17.2 Å². The average Bonchev–Trinajstić information content (AvgIpc) is 2.40. The summed E-state index contributed by atoms with van der Waals surface area (Å²) in [5, 5.41) is 0.418. The first-order valence-corrected chi connectivity index (χ1v) is 8.62. The Kier molecular flexibility index (Phi) is 4.30. The summed E-state index contributed by atoms with van der Waals surface area (Å²) in [6.07, 6.45) is 2.12. The normalized spacial score (nSPS) is 28.1. The smallest absolute Gasteiger partial charge is 0.406 e. The second-order valence-corrected chi connectivity index (χ2v) is 7.75. The van der Waals surface area contributed by atoms with Crippen LogP contribution < -0.4 is 4.74 Å². The highest BCUT2D eigenvalue weighted by Gasteiger charge is 2.33. The molecule has 2 nitrogen and oxygen atoms in total. The fourth-order valence-corrected chi connectivity index (χ4v) is 5.18. The first kappa shape index (κ1) is 15.6. The summed E-state index contributed by atoms with van der Waals surface area (Å²) in [5.74, 6) is -0.202. The van der Waals surface area contributed by atoms with Crippen molar-refractivity contribution in [3.63, 3.8) is 0 Å². The predicted octanol–water partition coefficient (Wildman–Crippen LogP) is 4.13. The van der Waals surface area contributed by atoms with Gasteiger partial charge in [-0.25, -0.2) is 0 Å². The highest BCUT2D eigenvalue weighted by molar-refractivity contribution is 7.86. The topological polar surface area (TPSA) is 26.3 Å². The Morgan fingerprint density at radius 3 is 2.55 bits per heavy atom. The maximum absolute atomic E-state index is 12.1. The van der Waals surface area contributed by atoms with Crippen LogP contribution in [0.2, 0.25) is 0 Å². The van der Waals surface area contributed by atoms with Gasteiger partial charge in [0.2, 0.25) is 0 Å². The average molecular weight is 330 g/mol. The summed E-state index contributed by atoms with van der Waals surface area (Å²) < 4.78 is 52.4. The van der Waals surface area contributed by atoms with Crippen molar-refractivity contribution < 1.29 is 22.1 Å². The molecule has 0 saturated carbocycles. The van der Waals surface area contributed by atoms with Gasteiger partial charge in [-0.1, -0.05) is 30.2 Å². The molecule has 0 N–H and O–H groups in total. The second-order valence-electron chi connectivity index (χ2n) is 5.82. The van der Waals surface area contributed by atoms with E-state index in [4.69, 9.17) is 0 Å². The van der Waals surface area contributed by atoms with Gasteiger partial charge in [-0.15, -0.1) is 13.2 Å². The molecule has 0 spiro atoms. The standard InChI is InChI=1S/C16H17F3O2S/c17-16(18,19)21-13-6-4-11(5-7-13)8-12-9-14-2-1-3-15(10-12)22(14)20/h4-7,9,14-15H,1-3,8,10H2. The van der Waals surface area contributed by atoms with Gasteiger partial charge in [0.25, 0.3) is 0 Å². The minimum Gasteiger partial charge on any atom is -0.406 e. The number of fused-ring (bicyclic) bond motifs is 2. The Morgan fingerprint density at radius 1 is 1.18 bits per heavy atom. The Balaban J connectivity index is 1.67. The molecule has 0 amide bonds. The molecule has 6 heteroatoms. The Bertz CT molecular complexity index is 592. The van der Waals surface area contributed by atoms with Gasteiger partial charge in [0, 0.05) is 16.0 Å². The van der Waals surface area contributed by atoms with E-state index >= 15 is 0 Å². The molecule has 1 aromatic rings. The first-order valence-electron chi connectivity index (χ1n) is 7.34. The third-order valence-electron chi connectivity index (χ3n) is 4.14. The van der Waals surface area contributed by atoms with Crippen LogP contribution in [0.1, 0.15) is 31.2 Å². The van der Waals surface area contributed by atoms with Crippen molar-refractivity contribution in [3.8, 4) is 5.75 Å². The number of ether oxygens (including phenoxy) is 1. The third-order valence-corrected chi connectivity index (χ3v) is 6.17. The van der Waals surface area contributed by atoms with Crippen molar-refractivity contribution in [2.24, 2.45) is 0 Å². The van der Waals surface area contributed by atoms with Gasteiger partial charge >= 0.3 is 6.36 Å². The van der Waals surface area contributed by atoms with Gasteiger partial charge in [0.1, 0.15) is 5.75 Å². The lowest BCUT2D eigenvalue weighted by atomic mass is 9.94. The van der Waals surface area contributed by atoms with Crippen molar-refractivity contribution in [2.75, 3.05) is 0 Å². The molecule has 120 valence electrons. The number of benzene rings is 1. The van der Waals surface area contributed by atoms with E-state index in [2.05, 4.69) is 10.8 Å². The Morgan fingerprint density at radius 2 is 1.91 bits per heavy atom. The van der Waals surface area contributed by atoms with Gasteiger partial charge in [-0.3, -0.25) is 4.21 Å². The van der Waals surface area contributed by atoms with Crippen molar-refractivity contribution in [2.45, 2.75) is 49.0 Å². The summed E-state index contributed by atoms with van der Waals surface area (Å²) >= 11 is 0. The van der Waals surface area contributed by atoms with Crippen molar-refractivity contribution in [3.05, 3.63) is 41.5 Å². The molecule has 2 bridgehead atoms. The van der Waals surface area contributed by atoms with E-state index in [0.29, 0.717) is 6.42 Å². The number of halogens is 3. The van der Waals surface area contributed by atoms with Crippen LogP contribution in [0.25, 0.3) is 0 Å². The van der Waals surface area contributed by atoms with Gasteiger partial charge in [0.15, 0.2) is 0 Å². The molecule has 22 heavy (non-hydrogen) atoms. The molecule has 1 fully saturated rings. The molecule has 0 aliphatic carbocycles. The zero-order valence-corrected chi connectivity index (χ0v) is 12.8. The van der Waals surface area contributed by atoms with E-state index in [-0.39, 0.29) is 16.2 Å². The minimum atomic E-state index is -4.66. The number of hydrogen-bond acceptors (Lipinski definition) is 2. The van der Waals surface area contributed by atoms with Crippen LogP contribution in [-0.4, -0.2) is 21.1 Å².